The van der Waals surface area contributed by atoms with Gasteiger partial charge in [-0.3, -0.25) is 9.69 Å². The molecule has 1 aliphatic carbocycles. The third kappa shape index (κ3) is 2.55. The van der Waals surface area contributed by atoms with Gasteiger partial charge in [0, 0.05) is 13.1 Å². The summed E-state index contributed by atoms with van der Waals surface area (Å²) in [5, 5.41) is 9.33. The molecule has 4 nitrogen and oxygen atoms in total. The van der Waals surface area contributed by atoms with Crippen molar-refractivity contribution in [3.63, 3.8) is 0 Å². The van der Waals surface area contributed by atoms with E-state index in [1.165, 1.54) is 0 Å². The molecule has 1 aliphatic heterocycles. The molecule has 92 valence electrons. The van der Waals surface area contributed by atoms with Crippen LogP contribution in [0.5, 0.6) is 0 Å². The molecule has 0 spiro atoms. The highest BCUT2D eigenvalue weighted by molar-refractivity contribution is 5.75. The van der Waals surface area contributed by atoms with Gasteiger partial charge in [-0.05, 0) is 38.6 Å². The van der Waals surface area contributed by atoms with Crippen LogP contribution in [0.2, 0.25) is 0 Å². The fraction of sp³-hybridized carbons (Fsp3) is 0.917. The second-order valence-electron chi connectivity index (χ2n) is 5.20. The molecule has 1 heterocycles. The minimum atomic E-state index is -0.622. The predicted octanol–water partition coefficient (Wildman–Crippen LogP) is 1.21. The van der Waals surface area contributed by atoms with Gasteiger partial charge in [0.1, 0.15) is 0 Å². The molecule has 16 heavy (non-hydrogen) atoms. The highest BCUT2D eigenvalue weighted by Gasteiger charge is 2.47. The fourth-order valence-corrected chi connectivity index (χ4v) is 2.42. The Morgan fingerprint density at radius 2 is 2.06 bits per heavy atom. The lowest BCUT2D eigenvalue weighted by atomic mass is 9.81. The van der Waals surface area contributed by atoms with E-state index in [9.17, 15) is 9.90 Å². The first-order chi connectivity index (χ1) is 7.63. The molecule has 1 saturated heterocycles. The molecule has 0 amide bonds. The van der Waals surface area contributed by atoms with Crippen molar-refractivity contribution in [2.45, 2.75) is 26.2 Å². The molecule has 0 aromatic heterocycles. The van der Waals surface area contributed by atoms with Gasteiger partial charge >= 0.3 is 5.97 Å². The van der Waals surface area contributed by atoms with Gasteiger partial charge in [0.2, 0.25) is 0 Å². The Hall–Kier alpha value is -0.610. The Morgan fingerprint density at radius 3 is 2.56 bits per heavy atom. The average molecular weight is 227 g/mol. The molecule has 2 rings (SSSR count). The number of hydrogen-bond acceptors (Lipinski definition) is 3. The van der Waals surface area contributed by atoms with Crippen molar-refractivity contribution < 1.29 is 14.6 Å². The molecular weight excluding hydrogens is 206 g/mol. The Morgan fingerprint density at radius 1 is 1.44 bits per heavy atom. The highest BCUT2D eigenvalue weighted by Crippen LogP contribution is 2.47. The van der Waals surface area contributed by atoms with Crippen molar-refractivity contribution in [2.75, 3.05) is 32.8 Å². The monoisotopic (exact) mass is 227 g/mol. The van der Waals surface area contributed by atoms with Crippen LogP contribution in [0, 0.1) is 11.3 Å². The van der Waals surface area contributed by atoms with Crippen LogP contribution in [0.4, 0.5) is 0 Å². The molecule has 0 bridgehead atoms. The summed E-state index contributed by atoms with van der Waals surface area (Å²) in [7, 11) is 0. The number of aliphatic carboxylic acids is 1. The SMILES string of the molecule is CC(CCN1CCOCC1)(C(=O)O)C1CC1. The van der Waals surface area contributed by atoms with Gasteiger partial charge in [-0.2, -0.15) is 0 Å². The molecule has 0 radical (unpaired) electrons. The van der Waals surface area contributed by atoms with Crippen molar-refractivity contribution in [3.05, 3.63) is 0 Å². The van der Waals surface area contributed by atoms with E-state index in [0.29, 0.717) is 5.92 Å². The Kier molecular flexibility index (Phi) is 3.50. The molecule has 0 aromatic rings. The third-order valence-electron chi connectivity index (χ3n) is 4.02. The van der Waals surface area contributed by atoms with Gasteiger partial charge in [-0.15, -0.1) is 0 Å². The molecule has 4 heteroatoms. The van der Waals surface area contributed by atoms with Crippen molar-refractivity contribution in [2.24, 2.45) is 11.3 Å². The largest absolute Gasteiger partial charge is 0.481 e. The molecule has 1 unspecified atom stereocenters. The van der Waals surface area contributed by atoms with Gasteiger partial charge in [-0.25, -0.2) is 0 Å². The van der Waals surface area contributed by atoms with Crippen LogP contribution in [-0.4, -0.2) is 48.8 Å². The summed E-state index contributed by atoms with van der Waals surface area (Å²) in [6.45, 7) is 6.26. The third-order valence-corrected chi connectivity index (χ3v) is 4.02. The van der Waals surface area contributed by atoms with E-state index < -0.39 is 11.4 Å². The lowest BCUT2D eigenvalue weighted by Gasteiger charge is -2.31. The molecule has 2 aliphatic rings. The Bertz CT molecular complexity index is 259. The van der Waals surface area contributed by atoms with E-state index in [2.05, 4.69) is 4.90 Å². The van der Waals surface area contributed by atoms with Crippen molar-refractivity contribution in [1.29, 1.82) is 0 Å². The van der Waals surface area contributed by atoms with Gasteiger partial charge in [-0.1, -0.05) is 0 Å². The number of hydrogen-bond donors (Lipinski definition) is 1. The second kappa shape index (κ2) is 4.72. The molecule has 0 aromatic carbocycles. The number of ether oxygens (including phenoxy) is 1. The maximum absolute atomic E-state index is 11.3. The van der Waals surface area contributed by atoms with Gasteiger partial charge in [0.05, 0.1) is 18.6 Å². The van der Waals surface area contributed by atoms with Crippen LogP contribution in [0.3, 0.4) is 0 Å². The molecule has 1 N–H and O–H groups in total. The summed E-state index contributed by atoms with van der Waals surface area (Å²) < 4.78 is 5.28. The quantitative estimate of drug-likeness (QED) is 0.767. The van der Waals surface area contributed by atoms with Crippen LogP contribution in [-0.2, 0) is 9.53 Å². The second-order valence-corrected chi connectivity index (χ2v) is 5.20. The number of rotatable bonds is 5. The van der Waals surface area contributed by atoms with Crippen molar-refractivity contribution in [1.82, 2.24) is 4.90 Å². The van der Waals surface area contributed by atoms with E-state index in [1.54, 1.807) is 0 Å². The summed E-state index contributed by atoms with van der Waals surface area (Å²) in [5.41, 5.74) is -0.502. The molecular formula is C12H21NO3. The number of carboxylic acid groups (broad SMARTS) is 1. The van der Waals surface area contributed by atoms with Crippen LogP contribution in [0.1, 0.15) is 26.2 Å². The smallest absolute Gasteiger partial charge is 0.309 e. The number of carboxylic acids is 1. The van der Waals surface area contributed by atoms with E-state index >= 15 is 0 Å². The van der Waals surface area contributed by atoms with E-state index in [0.717, 1.165) is 52.1 Å². The van der Waals surface area contributed by atoms with Gasteiger partial charge in [0.15, 0.2) is 0 Å². The van der Waals surface area contributed by atoms with Gasteiger partial charge < -0.3 is 9.84 Å². The normalized spacial score (nSPS) is 26.3. The van der Waals surface area contributed by atoms with Gasteiger partial charge in [0.25, 0.3) is 0 Å². The van der Waals surface area contributed by atoms with Crippen molar-refractivity contribution >= 4 is 5.97 Å². The van der Waals surface area contributed by atoms with Crippen LogP contribution in [0.15, 0.2) is 0 Å². The lowest BCUT2D eigenvalue weighted by molar-refractivity contribution is -0.150. The topological polar surface area (TPSA) is 49.8 Å². The zero-order chi connectivity index (χ0) is 11.6. The fourth-order valence-electron chi connectivity index (χ4n) is 2.42. The zero-order valence-electron chi connectivity index (χ0n) is 9.95. The lowest BCUT2D eigenvalue weighted by Crippen LogP contribution is -2.40. The predicted molar refractivity (Wildman–Crippen MR) is 60.3 cm³/mol. The minimum absolute atomic E-state index is 0.408. The first-order valence-electron chi connectivity index (χ1n) is 6.16. The minimum Gasteiger partial charge on any atom is -0.481 e. The van der Waals surface area contributed by atoms with E-state index in [4.69, 9.17) is 4.74 Å². The summed E-state index contributed by atoms with van der Waals surface area (Å²) in [6.07, 6.45) is 2.95. The summed E-state index contributed by atoms with van der Waals surface area (Å²) >= 11 is 0. The average Bonchev–Trinajstić information content (AvgIpc) is 3.11. The Labute approximate surface area is 96.6 Å². The van der Waals surface area contributed by atoms with Crippen LogP contribution < -0.4 is 0 Å². The molecule has 1 saturated carbocycles. The molecule has 1 atom stereocenters. The summed E-state index contributed by atoms with van der Waals surface area (Å²) in [4.78, 5) is 13.6. The standard InChI is InChI=1S/C12H21NO3/c1-12(11(14)15,10-2-3-10)4-5-13-6-8-16-9-7-13/h10H,2-9H2,1H3,(H,14,15). The summed E-state index contributed by atoms with van der Waals surface area (Å²) in [5.74, 6) is -0.214. The van der Waals surface area contributed by atoms with Crippen LogP contribution in [0.25, 0.3) is 0 Å². The first-order valence-corrected chi connectivity index (χ1v) is 6.16. The van der Waals surface area contributed by atoms with E-state index in [-0.39, 0.29) is 0 Å². The maximum Gasteiger partial charge on any atom is 0.309 e. The number of nitrogens with zero attached hydrogens (tertiary/aromatic N) is 1. The van der Waals surface area contributed by atoms with E-state index in [1.807, 2.05) is 6.92 Å². The maximum atomic E-state index is 11.3. The highest BCUT2D eigenvalue weighted by atomic mass is 16.5. The first kappa shape index (κ1) is 11.9. The van der Waals surface area contributed by atoms with Crippen LogP contribution >= 0.6 is 0 Å². The molecule has 2 fully saturated rings. The van der Waals surface area contributed by atoms with Crippen molar-refractivity contribution in [3.8, 4) is 0 Å². The number of carbonyl (C=O) groups is 1. The number of morpholine rings is 1. The summed E-state index contributed by atoms with van der Waals surface area (Å²) in [6, 6.07) is 0. The zero-order valence-corrected chi connectivity index (χ0v) is 9.95. The Balaban J connectivity index is 1.83.